The molecule has 1 fully saturated rings. The molecule has 0 spiro atoms. The largest absolute Gasteiger partial charge is 0.482 e. The van der Waals surface area contributed by atoms with Gasteiger partial charge >= 0.3 is 0 Å². The Balaban J connectivity index is 1.54. The normalized spacial score (nSPS) is 17.2. The summed E-state index contributed by atoms with van der Waals surface area (Å²) in [6.07, 6.45) is 10.2. The van der Waals surface area contributed by atoms with Gasteiger partial charge in [0.2, 0.25) is 0 Å². The predicted octanol–water partition coefficient (Wildman–Crippen LogP) is 3.67. The van der Waals surface area contributed by atoms with Gasteiger partial charge in [-0.25, -0.2) is 8.91 Å². The Morgan fingerprint density at radius 3 is 2.97 bits per heavy atom. The topological polar surface area (TPSA) is 93.1 Å². The fourth-order valence-electron chi connectivity index (χ4n) is 4.10. The molecule has 32 heavy (non-hydrogen) atoms. The monoisotopic (exact) mass is 431 g/mol. The fraction of sp³-hybridized carbons (Fsp3) is 0.304. The van der Waals surface area contributed by atoms with E-state index >= 15 is 0 Å². The van der Waals surface area contributed by atoms with Gasteiger partial charge in [0, 0.05) is 36.3 Å². The summed E-state index contributed by atoms with van der Waals surface area (Å²) in [5, 5.41) is 21.8. The molecule has 0 radical (unpaired) electrons. The average molecular weight is 431 g/mol. The van der Waals surface area contributed by atoms with Crippen LogP contribution in [-0.4, -0.2) is 37.5 Å². The molecule has 1 unspecified atom stereocenters. The van der Waals surface area contributed by atoms with Gasteiger partial charge in [-0.3, -0.25) is 9.67 Å². The van der Waals surface area contributed by atoms with Crippen LogP contribution in [-0.2, 0) is 0 Å². The second kappa shape index (κ2) is 8.40. The van der Waals surface area contributed by atoms with E-state index in [-0.39, 0.29) is 5.69 Å². The maximum absolute atomic E-state index is 14.2. The number of nitrogens with zero attached hydrogens (tertiary/aromatic N) is 6. The highest BCUT2D eigenvalue weighted by Gasteiger charge is 2.20. The van der Waals surface area contributed by atoms with Crippen LogP contribution in [0.2, 0.25) is 0 Å². The zero-order chi connectivity index (χ0) is 22.1. The molecule has 0 bridgehead atoms. The minimum Gasteiger partial charge on any atom is -0.482 e. The maximum Gasteiger partial charge on any atom is 0.148 e. The van der Waals surface area contributed by atoms with Crippen molar-refractivity contribution < 1.29 is 9.13 Å². The third-order valence-corrected chi connectivity index (χ3v) is 5.75. The number of nitriles is 1. The van der Waals surface area contributed by atoms with Crippen molar-refractivity contribution in [1.82, 2.24) is 29.7 Å². The molecule has 1 N–H and O–H groups in total. The third-order valence-electron chi connectivity index (χ3n) is 5.75. The third kappa shape index (κ3) is 3.69. The zero-order valence-electron chi connectivity index (χ0n) is 17.6. The molecule has 162 valence electrons. The van der Waals surface area contributed by atoms with E-state index in [0.717, 1.165) is 37.1 Å². The maximum atomic E-state index is 14.2. The van der Waals surface area contributed by atoms with Crippen molar-refractivity contribution >= 4 is 5.52 Å². The van der Waals surface area contributed by atoms with Crippen LogP contribution in [0.15, 0.2) is 49.2 Å². The van der Waals surface area contributed by atoms with Crippen molar-refractivity contribution in [2.45, 2.75) is 31.9 Å². The number of hydrogen-bond donors (Lipinski definition) is 1. The van der Waals surface area contributed by atoms with E-state index in [1.807, 2.05) is 29.3 Å². The van der Waals surface area contributed by atoms with Crippen molar-refractivity contribution in [3.05, 3.63) is 66.3 Å². The molecule has 1 saturated heterocycles. The molecule has 0 aromatic carbocycles. The molecule has 5 heterocycles. The summed E-state index contributed by atoms with van der Waals surface area (Å²) in [6.45, 7) is 3.66. The molecule has 0 saturated carbocycles. The van der Waals surface area contributed by atoms with Crippen LogP contribution in [0, 0.1) is 17.1 Å². The summed E-state index contributed by atoms with van der Waals surface area (Å²) in [5.74, 6) is -0.00950. The molecule has 0 aliphatic carbocycles. The van der Waals surface area contributed by atoms with Crippen LogP contribution < -0.4 is 10.1 Å². The first-order valence-electron chi connectivity index (χ1n) is 10.6. The Morgan fingerprint density at radius 1 is 1.28 bits per heavy atom. The molecule has 5 rings (SSSR count). The number of halogens is 1. The van der Waals surface area contributed by atoms with E-state index in [4.69, 9.17) is 4.74 Å². The Kier molecular flexibility index (Phi) is 5.29. The lowest BCUT2D eigenvalue weighted by molar-refractivity contribution is 0.218. The standard InChI is InChI=1S/C23H22FN7O/c1-15(22-20(24)5-3-7-27-22)32-21-8-16(13-31-23(21)17(9-25)10-29-31)18-11-28-30(14-18)19-4-2-6-26-12-19/h3,5,7-8,10-11,13-15,19,26H,2,4,6,12H2,1H3/t15-,19?/m1/s1. The number of fused-ring (bicyclic) bond motifs is 1. The molecule has 9 heteroatoms. The van der Waals surface area contributed by atoms with E-state index in [2.05, 4.69) is 26.6 Å². The average Bonchev–Trinajstić information content (AvgIpc) is 3.47. The highest BCUT2D eigenvalue weighted by atomic mass is 19.1. The molecule has 4 aromatic rings. The summed E-state index contributed by atoms with van der Waals surface area (Å²) in [6, 6.07) is 7.19. The van der Waals surface area contributed by atoms with E-state index < -0.39 is 11.9 Å². The van der Waals surface area contributed by atoms with Crippen LogP contribution in [0.5, 0.6) is 5.75 Å². The molecular formula is C23H22FN7O. The van der Waals surface area contributed by atoms with E-state index in [1.54, 1.807) is 11.4 Å². The van der Waals surface area contributed by atoms with Crippen molar-refractivity contribution in [3.63, 3.8) is 0 Å². The lowest BCUT2D eigenvalue weighted by Gasteiger charge is -2.22. The smallest absolute Gasteiger partial charge is 0.148 e. The predicted molar refractivity (Wildman–Crippen MR) is 116 cm³/mol. The number of aromatic nitrogens is 5. The lowest BCUT2D eigenvalue weighted by Crippen LogP contribution is -2.31. The number of piperidine rings is 1. The molecule has 4 aromatic heterocycles. The van der Waals surface area contributed by atoms with Gasteiger partial charge in [0.1, 0.15) is 40.5 Å². The highest BCUT2D eigenvalue weighted by molar-refractivity contribution is 5.75. The van der Waals surface area contributed by atoms with Gasteiger partial charge in [-0.2, -0.15) is 15.5 Å². The molecule has 1 aliphatic heterocycles. The number of pyridine rings is 2. The molecule has 0 amide bonds. The van der Waals surface area contributed by atoms with Gasteiger partial charge < -0.3 is 10.1 Å². The molecular weight excluding hydrogens is 409 g/mol. The van der Waals surface area contributed by atoms with Crippen LogP contribution in [0.3, 0.4) is 0 Å². The van der Waals surface area contributed by atoms with Crippen LogP contribution in [0.4, 0.5) is 4.39 Å². The zero-order valence-corrected chi connectivity index (χ0v) is 17.6. The van der Waals surface area contributed by atoms with Gasteiger partial charge in [-0.1, -0.05) is 0 Å². The van der Waals surface area contributed by atoms with E-state index in [9.17, 15) is 9.65 Å². The van der Waals surface area contributed by atoms with Gasteiger partial charge in [0.05, 0.1) is 18.4 Å². The molecule has 1 aliphatic rings. The first-order chi connectivity index (χ1) is 15.6. The summed E-state index contributed by atoms with van der Waals surface area (Å²) in [5.41, 5.74) is 2.86. The van der Waals surface area contributed by atoms with Crippen molar-refractivity contribution in [2.75, 3.05) is 13.1 Å². The van der Waals surface area contributed by atoms with Crippen LogP contribution in [0.25, 0.3) is 16.6 Å². The van der Waals surface area contributed by atoms with E-state index in [0.29, 0.717) is 22.9 Å². The van der Waals surface area contributed by atoms with E-state index in [1.165, 1.54) is 24.5 Å². The summed E-state index contributed by atoms with van der Waals surface area (Å²) < 4.78 is 24.0. The van der Waals surface area contributed by atoms with Crippen molar-refractivity contribution in [1.29, 1.82) is 5.26 Å². The SMILES string of the molecule is C[C@@H](Oc1cc(-c2cnn(C3CCCNC3)c2)cn2ncc(C#N)c12)c1ncccc1F. The van der Waals surface area contributed by atoms with Gasteiger partial charge in [0.15, 0.2) is 0 Å². The second-order valence-corrected chi connectivity index (χ2v) is 7.90. The first-order valence-corrected chi connectivity index (χ1v) is 10.6. The van der Waals surface area contributed by atoms with Gasteiger partial charge in [-0.15, -0.1) is 0 Å². The summed E-state index contributed by atoms with van der Waals surface area (Å²) in [4.78, 5) is 4.11. The number of ether oxygens (including phenoxy) is 1. The lowest BCUT2D eigenvalue weighted by atomic mass is 10.1. The number of hydrogen-bond acceptors (Lipinski definition) is 6. The summed E-state index contributed by atoms with van der Waals surface area (Å²) in [7, 11) is 0. The summed E-state index contributed by atoms with van der Waals surface area (Å²) >= 11 is 0. The van der Waals surface area contributed by atoms with Crippen LogP contribution >= 0.6 is 0 Å². The fourth-order valence-corrected chi connectivity index (χ4v) is 4.10. The van der Waals surface area contributed by atoms with Gasteiger partial charge in [0.25, 0.3) is 0 Å². The van der Waals surface area contributed by atoms with Crippen LogP contribution in [0.1, 0.15) is 43.2 Å². The van der Waals surface area contributed by atoms with Crippen molar-refractivity contribution in [2.24, 2.45) is 0 Å². The Labute approximate surface area is 184 Å². The molecule has 2 atom stereocenters. The van der Waals surface area contributed by atoms with Crippen molar-refractivity contribution in [3.8, 4) is 22.9 Å². The number of rotatable bonds is 5. The Hall–Kier alpha value is -3.77. The Bertz CT molecular complexity index is 1300. The quantitative estimate of drug-likeness (QED) is 0.518. The second-order valence-electron chi connectivity index (χ2n) is 7.90. The highest BCUT2D eigenvalue weighted by Crippen LogP contribution is 2.33. The number of nitrogens with one attached hydrogen (secondary N) is 1. The molecule has 8 nitrogen and oxygen atoms in total. The van der Waals surface area contributed by atoms with Gasteiger partial charge in [-0.05, 0) is 44.5 Å². The minimum absolute atomic E-state index is 0.201. The minimum atomic E-state index is -0.660. The first kappa shape index (κ1) is 20.2. The Morgan fingerprint density at radius 2 is 2.19 bits per heavy atom.